The van der Waals surface area contributed by atoms with Crippen LogP contribution in [0.25, 0.3) is 0 Å². The van der Waals surface area contributed by atoms with Gasteiger partial charge in [-0.1, -0.05) is 23.2 Å². The Bertz CT molecular complexity index is 1100. The summed E-state index contributed by atoms with van der Waals surface area (Å²) in [6.45, 7) is 2.88. The quantitative estimate of drug-likeness (QED) is 0.386. The topological polar surface area (TPSA) is 111 Å². The van der Waals surface area contributed by atoms with Crippen LogP contribution in [0.1, 0.15) is 13.8 Å². The standard InChI is InChI=1S/C19H16Cl2N2O6S/c1-19(2)28-17(24)16(18(25)29-19)10-22-13-3-5-15(6-4-13)30(26,27)23-14-8-11(20)7-12(21)9-14/h3-10,22-23H,1-2H3. The Balaban J connectivity index is 1.73. The van der Waals surface area contributed by atoms with E-state index < -0.39 is 27.7 Å². The van der Waals surface area contributed by atoms with E-state index in [9.17, 15) is 18.0 Å². The Labute approximate surface area is 182 Å². The number of benzene rings is 2. The number of cyclic esters (lactones) is 2. The number of ether oxygens (including phenoxy) is 2. The van der Waals surface area contributed by atoms with E-state index in [1.807, 2.05) is 0 Å². The number of anilines is 2. The maximum atomic E-state index is 12.5. The molecule has 0 radical (unpaired) electrons. The van der Waals surface area contributed by atoms with Crippen molar-refractivity contribution in [2.75, 3.05) is 10.0 Å². The molecular weight excluding hydrogens is 455 g/mol. The normalized spacial score (nSPS) is 15.8. The van der Waals surface area contributed by atoms with Crippen LogP contribution in [0.15, 0.2) is 59.1 Å². The third-order valence-electron chi connectivity index (χ3n) is 3.78. The van der Waals surface area contributed by atoms with Gasteiger partial charge in [0.1, 0.15) is 0 Å². The van der Waals surface area contributed by atoms with Crippen LogP contribution in [-0.2, 0) is 29.1 Å². The SMILES string of the molecule is CC1(C)OC(=O)C(=CNc2ccc(S(=O)(=O)Nc3cc(Cl)cc(Cl)c3)cc2)C(=O)O1. The molecule has 1 aliphatic heterocycles. The highest BCUT2D eigenvalue weighted by Crippen LogP contribution is 2.26. The molecule has 8 nitrogen and oxygen atoms in total. The van der Waals surface area contributed by atoms with Crippen LogP contribution in [0.3, 0.4) is 0 Å². The minimum atomic E-state index is -3.89. The zero-order valence-corrected chi connectivity index (χ0v) is 18.1. The van der Waals surface area contributed by atoms with Gasteiger partial charge in [0.2, 0.25) is 0 Å². The Morgan fingerprint density at radius 2 is 1.43 bits per heavy atom. The molecule has 0 unspecified atom stereocenters. The minimum absolute atomic E-state index is 0.0185. The summed E-state index contributed by atoms with van der Waals surface area (Å²) >= 11 is 11.8. The highest BCUT2D eigenvalue weighted by molar-refractivity contribution is 7.92. The van der Waals surface area contributed by atoms with Gasteiger partial charge in [0, 0.05) is 35.8 Å². The smallest absolute Gasteiger partial charge is 0.350 e. The first-order chi connectivity index (χ1) is 13.9. The van der Waals surface area contributed by atoms with Crippen molar-refractivity contribution in [3.63, 3.8) is 0 Å². The first-order valence-corrected chi connectivity index (χ1v) is 10.7. The molecule has 0 aliphatic carbocycles. The van der Waals surface area contributed by atoms with Gasteiger partial charge in [0.15, 0.2) is 5.57 Å². The highest BCUT2D eigenvalue weighted by atomic mass is 35.5. The second kappa shape index (κ2) is 8.17. The van der Waals surface area contributed by atoms with Crippen molar-refractivity contribution >= 4 is 56.5 Å². The molecule has 0 saturated carbocycles. The predicted octanol–water partition coefficient (Wildman–Crippen LogP) is 3.93. The van der Waals surface area contributed by atoms with Crippen molar-refractivity contribution in [3.05, 3.63) is 64.3 Å². The van der Waals surface area contributed by atoms with Crippen molar-refractivity contribution in [2.24, 2.45) is 0 Å². The van der Waals surface area contributed by atoms with E-state index >= 15 is 0 Å². The summed E-state index contributed by atoms with van der Waals surface area (Å²) in [4.78, 5) is 23.8. The number of carbonyl (C=O) groups is 2. The van der Waals surface area contributed by atoms with Gasteiger partial charge in [-0.05, 0) is 42.5 Å². The van der Waals surface area contributed by atoms with Crippen LogP contribution in [0.4, 0.5) is 11.4 Å². The highest BCUT2D eigenvalue weighted by Gasteiger charge is 2.38. The van der Waals surface area contributed by atoms with Crippen molar-refractivity contribution in [2.45, 2.75) is 24.5 Å². The molecule has 1 fully saturated rings. The fourth-order valence-corrected chi connectivity index (χ4v) is 4.06. The first kappa shape index (κ1) is 21.9. The number of nitrogens with one attached hydrogen (secondary N) is 2. The zero-order chi connectivity index (χ0) is 22.1. The minimum Gasteiger partial charge on any atom is -0.419 e. The Morgan fingerprint density at radius 1 is 0.900 bits per heavy atom. The molecule has 0 amide bonds. The molecule has 2 aromatic rings. The number of carbonyl (C=O) groups excluding carboxylic acids is 2. The van der Waals surface area contributed by atoms with Crippen molar-refractivity contribution < 1.29 is 27.5 Å². The van der Waals surface area contributed by atoms with E-state index in [0.717, 1.165) is 6.20 Å². The number of halogens is 2. The fourth-order valence-electron chi connectivity index (χ4n) is 2.49. The van der Waals surface area contributed by atoms with E-state index in [4.69, 9.17) is 32.7 Å². The van der Waals surface area contributed by atoms with Gasteiger partial charge in [-0.3, -0.25) is 4.72 Å². The van der Waals surface area contributed by atoms with Crippen LogP contribution in [0, 0.1) is 0 Å². The number of sulfonamides is 1. The Morgan fingerprint density at radius 3 is 1.97 bits per heavy atom. The van der Waals surface area contributed by atoms with E-state index in [2.05, 4.69) is 10.0 Å². The van der Waals surface area contributed by atoms with Gasteiger partial charge < -0.3 is 14.8 Å². The summed E-state index contributed by atoms with van der Waals surface area (Å²) in [5, 5.41) is 3.31. The fraction of sp³-hybridized carbons (Fsp3) is 0.158. The van der Waals surface area contributed by atoms with Crippen molar-refractivity contribution in [3.8, 4) is 0 Å². The second-order valence-corrected chi connectivity index (χ2v) is 9.22. The van der Waals surface area contributed by atoms with E-state index in [1.54, 1.807) is 0 Å². The number of esters is 2. The summed E-state index contributed by atoms with van der Waals surface area (Å²) in [5.74, 6) is -2.98. The van der Waals surface area contributed by atoms with Crippen LogP contribution in [0.5, 0.6) is 0 Å². The lowest BCUT2D eigenvalue weighted by atomic mass is 10.2. The number of hydrogen-bond donors (Lipinski definition) is 2. The molecule has 1 heterocycles. The maximum Gasteiger partial charge on any atom is 0.350 e. The molecule has 1 saturated heterocycles. The lowest BCUT2D eigenvalue weighted by Crippen LogP contribution is -2.42. The summed E-state index contributed by atoms with van der Waals surface area (Å²) in [6, 6.07) is 9.94. The molecule has 3 rings (SSSR count). The molecule has 158 valence electrons. The van der Waals surface area contributed by atoms with Gasteiger partial charge in [-0.2, -0.15) is 0 Å². The van der Waals surface area contributed by atoms with Crippen molar-refractivity contribution in [1.29, 1.82) is 0 Å². The lowest BCUT2D eigenvalue weighted by Gasteiger charge is -2.29. The molecule has 0 aromatic heterocycles. The average molecular weight is 471 g/mol. The van der Waals surface area contributed by atoms with Crippen LogP contribution in [-0.4, -0.2) is 26.1 Å². The lowest BCUT2D eigenvalue weighted by molar-refractivity contribution is -0.222. The Kier molecular flexibility index (Phi) is 5.98. The van der Waals surface area contributed by atoms with E-state index in [1.165, 1.54) is 56.3 Å². The van der Waals surface area contributed by atoms with E-state index in [-0.39, 0.29) is 26.2 Å². The van der Waals surface area contributed by atoms with E-state index in [0.29, 0.717) is 5.69 Å². The van der Waals surface area contributed by atoms with Gasteiger partial charge in [-0.15, -0.1) is 0 Å². The van der Waals surface area contributed by atoms with Crippen molar-refractivity contribution in [1.82, 2.24) is 0 Å². The van der Waals surface area contributed by atoms with Gasteiger partial charge in [0.05, 0.1) is 10.6 Å². The molecule has 2 aromatic carbocycles. The van der Waals surface area contributed by atoms with Gasteiger partial charge in [-0.25, -0.2) is 18.0 Å². The largest absolute Gasteiger partial charge is 0.419 e. The summed E-state index contributed by atoms with van der Waals surface area (Å²) in [5.41, 5.74) is 0.333. The van der Waals surface area contributed by atoms with Gasteiger partial charge >= 0.3 is 11.9 Å². The molecule has 0 atom stereocenters. The molecule has 30 heavy (non-hydrogen) atoms. The molecular formula is C19H16Cl2N2O6S. The first-order valence-electron chi connectivity index (χ1n) is 8.48. The summed E-state index contributed by atoms with van der Waals surface area (Å²) in [6.07, 6.45) is 1.13. The molecule has 0 bridgehead atoms. The molecule has 2 N–H and O–H groups in total. The second-order valence-electron chi connectivity index (χ2n) is 6.67. The Hall–Kier alpha value is -2.75. The predicted molar refractivity (Wildman–Crippen MR) is 112 cm³/mol. The third-order valence-corrected chi connectivity index (χ3v) is 5.61. The maximum absolute atomic E-state index is 12.5. The van der Waals surface area contributed by atoms with Crippen LogP contribution in [0.2, 0.25) is 10.0 Å². The molecule has 11 heteroatoms. The van der Waals surface area contributed by atoms with Gasteiger partial charge in [0.25, 0.3) is 15.8 Å². The molecule has 0 spiro atoms. The monoisotopic (exact) mass is 470 g/mol. The zero-order valence-electron chi connectivity index (χ0n) is 15.7. The molecule has 1 aliphatic rings. The third kappa shape index (κ3) is 5.24. The number of rotatable bonds is 5. The number of hydrogen-bond acceptors (Lipinski definition) is 7. The summed E-state index contributed by atoms with van der Waals surface area (Å²) in [7, 11) is -3.89. The summed E-state index contributed by atoms with van der Waals surface area (Å²) < 4.78 is 37.4. The van der Waals surface area contributed by atoms with Crippen LogP contribution < -0.4 is 10.0 Å². The average Bonchev–Trinajstić information content (AvgIpc) is 2.59. The van der Waals surface area contributed by atoms with Crippen LogP contribution >= 0.6 is 23.2 Å².